The number of sulfone groups is 1. The van der Waals surface area contributed by atoms with E-state index < -0.39 is 19.9 Å². The van der Waals surface area contributed by atoms with E-state index in [2.05, 4.69) is 10.5 Å². The first kappa shape index (κ1) is 25.7. The lowest BCUT2D eigenvalue weighted by molar-refractivity contribution is 0.0827. The molecule has 0 spiro atoms. The van der Waals surface area contributed by atoms with Crippen molar-refractivity contribution in [3.8, 4) is 11.3 Å². The minimum absolute atomic E-state index is 0.0706. The Morgan fingerprint density at radius 1 is 1.14 bits per heavy atom. The Morgan fingerprint density at radius 3 is 2.46 bits per heavy atom. The van der Waals surface area contributed by atoms with Crippen LogP contribution in [0.5, 0.6) is 0 Å². The minimum atomic E-state index is -3.80. The fraction of sp³-hybridized carbons (Fsp3) is 0.400. The summed E-state index contributed by atoms with van der Waals surface area (Å²) in [7, 11) is -7.19. The maximum atomic E-state index is 13.7. The summed E-state index contributed by atoms with van der Waals surface area (Å²) in [6, 6.07) is 9.42. The molecule has 5 rings (SSSR count). The second-order valence-corrected chi connectivity index (χ2v) is 13.6. The van der Waals surface area contributed by atoms with Crippen molar-refractivity contribution in [2.24, 2.45) is 4.99 Å². The van der Waals surface area contributed by atoms with Gasteiger partial charge >= 0.3 is 0 Å². The number of fused-ring (bicyclic) bond motifs is 1. The van der Waals surface area contributed by atoms with Crippen LogP contribution in [-0.2, 0) is 24.7 Å². The third kappa shape index (κ3) is 5.36. The standard InChI is InChI=1S/C25H28FN3O6S2/c1-3-37(32,33)13-11-29(36(2,30)31)21-15-22-20(14-19(21)16-4-5-16)23(25-27-10-12-34-28-25)24(35-22)17-6-8-18(26)9-7-17/h6-9,14-16H,3-5,10-13H2,1-2H3,(H,27,28). The SMILES string of the molecule is CCS(=O)(=O)CCN(c1cc2oc(-c3ccc(F)cc3)c(C3=NCCON3)c2cc1C1CC1)S(C)(=O)=O. The number of rotatable bonds is 9. The Labute approximate surface area is 215 Å². The van der Waals surface area contributed by atoms with Gasteiger partial charge in [-0.15, -0.1) is 0 Å². The molecule has 0 bridgehead atoms. The van der Waals surface area contributed by atoms with Gasteiger partial charge in [0, 0.05) is 29.3 Å². The smallest absolute Gasteiger partial charge is 0.232 e. The molecule has 12 heteroatoms. The number of benzene rings is 2. The van der Waals surface area contributed by atoms with Gasteiger partial charge in [0.15, 0.2) is 15.7 Å². The van der Waals surface area contributed by atoms with E-state index in [0.717, 1.165) is 29.0 Å². The number of hydroxylamine groups is 1. The van der Waals surface area contributed by atoms with Crippen LogP contribution in [0.25, 0.3) is 22.3 Å². The predicted molar refractivity (Wildman–Crippen MR) is 141 cm³/mol. The second kappa shape index (κ2) is 9.73. The first-order valence-electron chi connectivity index (χ1n) is 12.0. The van der Waals surface area contributed by atoms with Gasteiger partial charge in [-0.2, -0.15) is 0 Å². The molecule has 0 radical (unpaired) electrons. The molecule has 198 valence electrons. The number of hydrogen-bond donors (Lipinski definition) is 1. The number of hydrogen-bond acceptors (Lipinski definition) is 8. The molecular formula is C25H28FN3O6S2. The molecule has 1 saturated carbocycles. The first-order chi connectivity index (χ1) is 17.6. The third-order valence-electron chi connectivity index (χ3n) is 6.54. The highest BCUT2D eigenvalue weighted by Crippen LogP contribution is 2.48. The van der Waals surface area contributed by atoms with Gasteiger partial charge in [0.05, 0.1) is 36.4 Å². The number of nitrogens with zero attached hydrogens (tertiary/aromatic N) is 2. The maximum Gasteiger partial charge on any atom is 0.232 e. The van der Waals surface area contributed by atoms with Gasteiger partial charge in [-0.05, 0) is 54.7 Å². The number of aliphatic imine (C=N–C) groups is 1. The summed E-state index contributed by atoms with van der Waals surface area (Å²) >= 11 is 0. The van der Waals surface area contributed by atoms with Crippen molar-refractivity contribution in [3.05, 3.63) is 53.3 Å². The molecule has 0 amide bonds. The molecule has 2 heterocycles. The highest BCUT2D eigenvalue weighted by molar-refractivity contribution is 7.92. The number of amidine groups is 1. The molecule has 9 nitrogen and oxygen atoms in total. The van der Waals surface area contributed by atoms with Crippen molar-refractivity contribution in [3.63, 3.8) is 0 Å². The largest absolute Gasteiger partial charge is 0.455 e. The summed E-state index contributed by atoms with van der Waals surface area (Å²) in [5.41, 5.74) is 5.71. The minimum Gasteiger partial charge on any atom is -0.455 e. The highest BCUT2D eigenvalue weighted by Gasteiger charge is 2.33. The second-order valence-electron chi connectivity index (χ2n) is 9.25. The van der Waals surface area contributed by atoms with Gasteiger partial charge in [-0.3, -0.25) is 14.1 Å². The van der Waals surface area contributed by atoms with Crippen LogP contribution in [0.15, 0.2) is 45.8 Å². The quantitative estimate of drug-likeness (QED) is 0.433. The summed E-state index contributed by atoms with van der Waals surface area (Å²) < 4.78 is 71.2. The Kier molecular flexibility index (Phi) is 6.75. The maximum absolute atomic E-state index is 13.7. The zero-order chi connectivity index (χ0) is 26.4. The van der Waals surface area contributed by atoms with Crippen LogP contribution < -0.4 is 9.79 Å². The van der Waals surface area contributed by atoms with Crippen molar-refractivity contribution in [1.29, 1.82) is 0 Å². The van der Waals surface area contributed by atoms with Crippen LogP contribution in [0, 0.1) is 5.82 Å². The molecule has 0 atom stereocenters. The van der Waals surface area contributed by atoms with Gasteiger partial charge in [0.1, 0.15) is 17.2 Å². The Bertz CT molecular complexity index is 1580. The van der Waals surface area contributed by atoms with Gasteiger partial charge in [-0.1, -0.05) is 6.92 Å². The normalized spacial score (nSPS) is 16.5. The van der Waals surface area contributed by atoms with E-state index in [9.17, 15) is 21.2 Å². The van der Waals surface area contributed by atoms with Crippen LogP contribution in [0.3, 0.4) is 0 Å². The zero-order valence-electron chi connectivity index (χ0n) is 20.5. The van der Waals surface area contributed by atoms with E-state index in [0.29, 0.717) is 52.5 Å². The van der Waals surface area contributed by atoms with E-state index in [-0.39, 0.29) is 29.8 Å². The Balaban J connectivity index is 1.72. The van der Waals surface area contributed by atoms with E-state index >= 15 is 0 Å². The molecule has 1 aromatic heterocycles. The predicted octanol–water partition coefficient (Wildman–Crippen LogP) is 3.60. The van der Waals surface area contributed by atoms with Gasteiger partial charge in [-0.25, -0.2) is 26.7 Å². The third-order valence-corrected chi connectivity index (χ3v) is 9.41. The van der Waals surface area contributed by atoms with Crippen molar-refractivity contribution < 1.29 is 30.5 Å². The molecule has 0 saturated heterocycles. The van der Waals surface area contributed by atoms with Crippen molar-refractivity contribution in [2.75, 3.05) is 41.8 Å². The number of anilines is 1. The Morgan fingerprint density at radius 2 is 1.86 bits per heavy atom. The summed E-state index contributed by atoms with van der Waals surface area (Å²) in [4.78, 5) is 9.96. The fourth-order valence-electron chi connectivity index (χ4n) is 4.44. The molecule has 1 aliphatic heterocycles. The average Bonchev–Trinajstić information content (AvgIpc) is 3.64. The van der Waals surface area contributed by atoms with Crippen LogP contribution in [-0.4, -0.2) is 60.1 Å². The molecule has 3 aromatic rings. The molecule has 1 N–H and O–H groups in total. The number of nitrogens with one attached hydrogen (secondary N) is 1. The summed E-state index contributed by atoms with van der Waals surface area (Å²) in [5, 5.41) is 0.705. The lowest BCUT2D eigenvalue weighted by atomic mass is 10.00. The monoisotopic (exact) mass is 549 g/mol. The van der Waals surface area contributed by atoms with Crippen LogP contribution >= 0.6 is 0 Å². The van der Waals surface area contributed by atoms with Crippen LogP contribution in [0.1, 0.15) is 36.8 Å². The Hall–Kier alpha value is -2.96. The first-order valence-corrected chi connectivity index (χ1v) is 15.7. The van der Waals surface area contributed by atoms with Gasteiger partial charge in [0.2, 0.25) is 10.0 Å². The summed E-state index contributed by atoms with van der Waals surface area (Å²) in [6.07, 6.45) is 2.86. The van der Waals surface area contributed by atoms with E-state index in [1.807, 2.05) is 6.07 Å². The molecule has 1 fully saturated rings. The molecule has 2 aliphatic rings. The van der Waals surface area contributed by atoms with Gasteiger partial charge < -0.3 is 4.42 Å². The summed E-state index contributed by atoms with van der Waals surface area (Å²) in [6.45, 7) is 2.20. The van der Waals surface area contributed by atoms with E-state index in [4.69, 9.17) is 9.25 Å². The average molecular weight is 550 g/mol. The highest BCUT2D eigenvalue weighted by atomic mass is 32.2. The van der Waals surface area contributed by atoms with Crippen molar-refractivity contribution >= 4 is 42.4 Å². The zero-order valence-corrected chi connectivity index (χ0v) is 22.2. The van der Waals surface area contributed by atoms with E-state index in [1.54, 1.807) is 18.2 Å². The van der Waals surface area contributed by atoms with Crippen LogP contribution in [0.4, 0.5) is 10.1 Å². The summed E-state index contributed by atoms with van der Waals surface area (Å²) in [5.74, 6) is 0.292. The molecule has 37 heavy (non-hydrogen) atoms. The number of furan rings is 1. The number of sulfonamides is 1. The lowest BCUT2D eigenvalue weighted by Gasteiger charge is -2.25. The fourth-order valence-corrected chi connectivity index (χ4v) is 6.25. The van der Waals surface area contributed by atoms with Crippen molar-refractivity contribution in [1.82, 2.24) is 5.48 Å². The number of halogens is 1. The van der Waals surface area contributed by atoms with Crippen LogP contribution in [0.2, 0.25) is 0 Å². The molecular weight excluding hydrogens is 521 g/mol. The molecule has 1 aliphatic carbocycles. The molecule has 0 unspecified atom stereocenters. The van der Waals surface area contributed by atoms with Crippen molar-refractivity contribution in [2.45, 2.75) is 25.7 Å². The topological polar surface area (TPSA) is 118 Å². The molecule has 2 aromatic carbocycles. The lowest BCUT2D eigenvalue weighted by Crippen LogP contribution is -2.35. The van der Waals surface area contributed by atoms with Gasteiger partial charge in [0.25, 0.3) is 0 Å². The van der Waals surface area contributed by atoms with E-state index in [1.165, 1.54) is 19.1 Å².